The largest absolute Gasteiger partial charge is 0.492 e. The van der Waals surface area contributed by atoms with Crippen LogP contribution in [0.25, 0.3) is 0 Å². The number of thioether (sulfide) groups is 1. The molecule has 0 atom stereocenters. The number of hydrogen-bond donors (Lipinski definition) is 1. The van der Waals surface area contributed by atoms with Gasteiger partial charge in [-0.25, -0.2) is 4.98 Å². The van der Waals surface area contributed by atoms with Gasteiger partial charge in [0.05, 0.1) is 4.90 Å². The molecule has 0 saturated carbocycles. The van der Waals surface area contributed by atoms with Crippen LogP contribution < -0.4 is 0 Å². The molecular formula is C12H20N2OS. The molecule has 4 heteroatoms. The number of aromatic hydroxyl groups is 1. The van der Waals surface area contributed by atoms with E-state index in [-0.39, 0.29) is 11.3 Å². The SMILES string of the molecule is CC(C)CSc1cnc(C(C)(C)C)nc1O. The highest BCUT2D eigenvalue weighted by molar-refractivity contribution is 7.99. The van der Waals surface area contributed by atoms with Gasteiger partial charge >= 0.3 is 0 Å². The van der Waals surface area contributed by atoms with Crippen molar-refractivity contribution >= 4 is 11.8 Å². The highest BCUT2D eigenvalue weighted by atomic mass is 32.2. The monoisotopic (exact) mass is 240 g/mol. The highest BCUT2D eigenvalue weighted by Crippen LogP contribution is 2.29. The number of rotatable bonds is 3. The summed E-state index contributed by atoms with van der Waals surface area (Å²) < 4.78 is 0. The third-order valence-corrected chi connectivity index (χ3v) is 3.41. The minimum absolute atomic E-state index is 0.102. The van der Waals surface area contributed by atoms with Gasteiger partial charge in [-0.3, -0.25) is 0 Å². The first-order chi connectivity index (χ1) is 7.30. The van der Waals surface area contributed by atoms with Crippen LogP contribution in [-0.2, 0) is 5.41 Å². The van der Waals surface area contributed by atoms with E-state index in [1.807, 2.05) is 20.8 Å². The lowest BCUT2D eigenvalue weighted by atomic mass is 9.96. The van der Waals surface area contributed by atoms with Crippen molar-refractivity contribution in [3.05, 3.63) is 12.0 Å². The first-order valence-electron chi connectivity index (χ1n) is 5.50. The molecule has 0 radical (unpaired) electrons. The molecule has 0 aliphatic rings. The molecule has 3 nitrogen and oxygen atoms in total. The average Bonchev–Trinajstić information content (AvgIpc) is 2.14. The molecule has 0 aliphatic heterocycles. The van der Waals surface area contributed by atoms with Crippen LogP contribution in [0.5, 0.6) is 5.88 Å². The molecule has 0 aliphatic carbocycles. The highest BCUT2D eigenvalue weighted by Gasteiger charge is 2.19. The summed E-state index contributed by atoms with van der Waals surface area (Å²) in [7, 11) is 0. The summed E-state index contributed by atoms with van der Waals surface area (Å²) in [4.78, 5) is 9.21. The van der Waals surface area contributed by atoms with Gasteiger partial charge < -0.3 is 5.11 Å². The minimum Gasteiger partial charge on any atom is -0.492 e. The Kier molecular flexibility index (Phi) is 4.19. The van der Waals surface area contributed by atoms with E-state index in [0.717, 1.165) is 10.6 Å². The van der Waals surface area contributed by atoms with E-state index >= 15 is 0 Å². The molecule has 0 saturated heterocycles. The van der Waals surface area contributed by atoms with Crippen LogP contribution in [0.4, 0.5) is 0 Å². The van der Waals surface area contributed by atoms with E-state index < -0.39 is 0 Å². The van der Waals surface area contributed by atoms with Crippen molar-refractivity contribution in [2.45, 2.75) is 44.9 Å². The summed E-state index contributed by atoms with van der Waals surface area (Å²) in [6.07, 6.45) is 1.72. The Labute approximate surface area is 102 Å². The van der Waals surface area contributed by atoms with Crippen molar-refractivity contribution in [2.75, 3.05) is 5.75 Å². The summed E-state index contributed by atoms with van der Waals surface area (Å²) in [6, 6.07) is 0. The maximum atomic E-state index is 9.80. The summed E-state index contributed by atoms with van der Waals surface area (Å²) in [6.45, 7) is 10.4. The quantitative estimate of drug-likeness (QED) is 0.824. The first kappa shape index (κ1) is 13.3. The van der Waals surface area contributed by atoms with Gasteiger partial charge in [-0.05, 0) is 5.92 Å². The lowest BCUT2D eigenvalue weighted by molar-refractivity contribution is 0.422. The van der Waals surface area contributed by atoms with Crippen molar-refractivity contribution in [3.8, 4) is 5.88 Å². The van der Waals surface area contributed by atoms with Crippen LogP contribution in [0.2, 0.25) is 0 Å². The molecule has 0 amide bonds. The Bertz CT molecular complexity index is 359. The summed E-state index contributed by atoms with van der Waals surface area (Å²) >= 11 is 1.60. The molecule has 0 spiro atoms. The third kappa shape index (κ3) is 3.67. The van der Waals surface area contributed by atoms with Crippen LogP contribution >= 0.6 is 11.8 Å². The number of nitrogens with zero attached hydrogens (tertiary/aromatic N) is 2. The molecule has 1 heterocycles. The zero-order valence-corrected chi connectivity index (χ0v) is 11.4. The fourth-order valence-electron chi connectivity index (χ4n) is 1.08. The number of aromatic nitrogens is 2. The second kappa shape index (κ2) is 5.04. The van der Waals surface area contributed by atoms with E-state index in [1.54, 1.807) is 18.0 Å². The summed E-state index contributed by atoms with van der Waals surface area (Å²) in [5.74, 6) is 2.34. The molecule has 0 unspecified atom stereocenters. The van der Waals surface area contributed by atoms with Crippen molar-refractivity contribution in [1.29, 1.82) is 0 Å². The van der Waals surface area contributed by atoms with E-state index in [2.05, 4.69) is 23.8 Å². The van der Waals surface area contributed by atoms with Crippen LogP contribution in [0.15, 0.2) is 11.1 Å². The zero-order valence-electron chi connectivity index (χ0n) is 10.6. The van der Waals surface area contributed by atoms with Gasteiger partial charge in [-0.1, -0.05) is 34.6 Å². The van der Waals surface area contributed by atoms with Crippen molar-refractivity contribution < 1.29 is 5.11 Å². The van der Waals surface area contributed by atoms with Crippen LogP contribution in [0, 0.1) is 5.92 Å². The molecular weight excluding hydrogens is 220 g/mol. The molecule has 1 rings (SSSR count). The lowest BCUT2D eigenvalue weighted by Crippen LogP contribution is -2.15. The predicted octanol–water partition coefficient (Wildman–Crippen LogP) is 3.23. The van der Waals surface area contributed by atoms with Gasteiger partial charge in [0.1, 0.15) is 5.82 Å². The Balaban J connectivity index is 2.84. The molecule has 0 bridgehead atoms. The molecule has 1 aromatic rings. The molecule has 1 N–H and O–H groups in total. The second-order valence-electron chi connectivity index (χ2n) is 5.34. The molecule has 1 aromatic heterocycles. The van der Waals surface area contributed by atoms with Crippen molar-refractivity contribution in [3.63, 3.8) is 0 Å². The Morgan fingerprint density at radius 1 is 1.38 bits per heavy atom. The van der Waals surface area contributed by atoms with Gasteiger partial charge in [0.15, 0.2) is 0 Å². The van der Waals surface area contributed by atoms with Gasteiger partial charge in [0, 0.05) is 17.4 Å². The Hall–Kier alpha value is -0.770. The molecule has 16 heavy (non-hydrogen) atoms. The minimum atomic E-state index is -0.126. The fraction of sp³-hybridized carbons (Fsp3) is 0.667. The Morgan fingerprint density at radius 2 is 2.00 bits per heavy atom. The topological polar surface area (TPSA) is 46.0 Å². The van der Waals surface area contributed by atoms with Crippen LogP contribution in [0.3, 0.4) is 0 Å². The summed E-state index contributed by atoms with van der Waals surface area (Å²) in [5.41, 5.74) is -0.126. The van der Waals surface area contributed by atoms with Crippen molar-refractivity contribution in [1.82, 2.24) is 9.97 Å². The fourth-order valence-corrected chi connectivity index (χ4v) is 1.90. The predicted molar refractivity (Wildman–Crippen MR) is 68.0 cm³/mol. The maximum Gasteiger partial charge on any atom is 0.228 e. The maximum absolute atomic E-state index is 9.80. The van der Waals surface area contributed by atoms with E-state index in [1.165, 1.54) is 0 Å². The van der Waals surface area contributed by atoms with Gasteiger partial charge in [0.25, 0.3) is 0 Å². The zero-order chi connectivity index (χ0) is 12.3. The second-order valence-corrected chi connectivity index (χ2v) is 6.40. The molecule has 0 fully saturated rings. The van der Waals surface area contributed by atoms with Crippen LogP contribution in [-0.4, -0.2) is 20.8 Å². The van der Waals surface area contributed by atoms with Gasteiger partial charge in [-0.2, -0.15) is 4.98 Å². The van der Waals surface area contributed by atoms with E-state index in [9.17, 15) is 5.11 Å². The molecule has 90 valence electrons. The Morgan fingerprint density at radius 3 is 2.44 bits per heavy atom. The van der Waals surface area contributed by atoms with Crippen LogP contribution in [0.1, 0.15) is 40.4 Å². The normalized spacial score (nSPS) is 12.1. The average molecular weight is 240 g/mol. The first-order valence-corrected chi connectivity index (χ1v) is 6.48. The number of hydrogen-bond acceptors (Lipinski definition) is 4. The van der Waals surface area contributed by atoms with Gasteiger partial charge in [-0.15, -0.1) is 11.8 Å². The molecule has 0 aromatic carbocycles. The van der Waals surface area contributed by atoms with E-state index in [0.29, 0.717) is 11.7 Å². The van der Waals surface area contributed by atoms with E-state index in [4.69, 9.17) is 0 Å². The summed E-state index contributed by atoms with van der Waals surface area (Å²) in [5, 5.41) is 9.80. The van der Waals surface area contributed by atoms with Crippen molar-refractivity contribution in [2.24, 2.45) is 5.92 Å². The van der Waals surface area contributed by atoms with Gasteiger partial charge in [0.2, 0.25) is 5.88 Å². The third-order valence-electron chi connectivity index (χ3n) is 1.98. The standard InChI is InChI=1S/C12H20N2OS/c1-8(2)7-16-9-6-13-11(12(3,4)5)14-10(9)15/h6,8H,7H2,1-5H3,(H,13,14,15). The smallest absolute Gasteiger partial charge is 0.228 e. The lowest BCUT2D eigenvalue weighted by Gasteiger charge is -2.16.